The summed E-state index contributed by atoms with van der Waals surface area (Å²) in [4.78, 5) is 2.39. The molecule has 3 aromatic heterocycles. The number of hydrogen-bond donors (Lipinski definition) is 0. The monoisotopic (exact) mass is 699 g/mol. The molecule has 0 atom stereocenters. The van der Waals surface area contributed by atoms with Gasteiger partial charge in [-0.05, 0) is 70.8 Å². The Balaban J connectivity index is 1.12. The van der Waals surface area contributed by atoms with Crippen LogP contribution in [0.4, 0.5) is 17.1 Å². The molecule has 0 radical (unpaired) electrons. The van der Waals surface area contributed by atoms with Crippen LogP contribution in [-0.4, -0.2) is 0 Å². The summed E-state index contributed by atoms with van der Waals surface area (Å²) >= 11 is 3.73. The van der Waals surface area contributed by atoms with Crippen molar-refractivity contribution < 1.29 is 4.42 Å². The minimum atomic E-state index is 0.880. The Bertz CT molecular complexity index is 3130. The molecule has 0 amide bonds. The van der Waals surface area contributed by atoms with Gasteiger partial charge in [-0.1, -0.05) is 127 Å². The summed E-state index contributed by atoms with van der Waals surface area (Å²) in [7, 11) is 0. The first-order valence-electron chi connectivity index (χ1n) is 17.5. The third-order valence-electron chi connectivity index (χ3n) is 10.3. The van der Waals surface area contributed by atoms with Gasteiger partial charge in [-0.2, -0.15) is 0 Å². The average Bonchev–Trinajstić information content (AvgIpc) is 3.90. The van der Waals surface area contributed by atoms with Crippen LogP contribution in [0.25, 0.3) is 84.5 Å². The van der Waals surface area contributed by atoms with E-state index in [9.17, 15) is 0 Å². The molecule has 11 rings (SSSR count). The zero-order valence-electron chi connectivity index (χ0n) is 27.9. The summed E-state index contributed by atoms with van der Waals surface area (Å²) in [6.45, 7) is 0. The van der Waals surface area contributed by atoms with Gasteiger partial charge in [0.15, 0.2) is 5.58 Å². The fraction of sp³-hybridized carbons (Fsp3) is 0. The molecule has 0 saturated carbocycles. The standard InChI is InChI=1S/C48H29NOS2/c1-2-11-31(12-3-1)34-15-8-17-38-39-18-10-20-42(48(39)52-47(34)38)49(41-19-9-16-37-35-13-4-6-21-43(35)50-46(37)41)33-26-23-30(24-27-33)32-25-28-45-40(29-32)36-14-5-7-22-44(36)51-45/h1-29H. The lowest BCUT2D eigenvalue weighted by Crippen LogP contribution is -2.10. The number of para-hydroxylation sites is 2. The maximum Gasteiger partial charge on any atom is 0.159 e. The van der Waals surface area contributed by atoms with E-state index in [4.69, 9.17) is 4.42 Å². The maximum atomic E-state index is 6.68. The Morgan fingerprint density at radius 2 is 1.04 bits per heavy atom. The number of thiophene rings is 2. The van der Waals surface area contributed by atoms with Crippen molar-refractivity contribution >= 4 is 102 Å². The summed E-state index contributed by atoms with van der Waals surface area (Å²) in [6, 6.07) is 63.6. The van der Waals surface area contributed by atoms with Crippen LogP contribution in [0.3, 0.4) is 0 Å². The molecule has 0 aliphatic rings. The van der Waals surface area contributed by atoms with Crippen LogP contribution in [0.1, 0.15) is 0 Å². The van der Waals surface area contributed by atoms with E-state index < -0.39 is 0 Å². The third kappa shape index (κ3) is 4.55. The van der Waals surface area contributed by atoms with E-state index in [1.54, 1.807) is 0 Å². The van der Waals surface area contributed by atoms with Crippen molar-refractivity contribution in [3.63, 3.8) is 0 Å². The molecule has 11 aromatic rings. The van der Waals surface area contributed by atoms with Crippen molar-refractivity contribution in [3.05, 3.63) is 176 Å². The van der Waals surface area contributed by atoms with Gasteiger partial charge in [0, 0.05) is 52.1 Å². The van der Waals surface area contributed by atoms with Gasteiger partial charge >= 0.3 is 0 Å². The number of furan rings is 1. The molecule has 0 N–H and O–H groups in total. The molecule has 8 aromatic carbocycles. The average molecular weight is 700 g/mol. The molecule has 3 heterocycles. The van der Waals surface area contributed by atoms with E-state index in [1.807, 2.05) is 28.7 Å². The summed E-state index contributed by atoms with van der Waals surface area (Å²) < 4.78 is 11.9. The van der Waals surface area contributed by atoms with Crippen LogP contribution in [-0.2, 0) is 0 Å². The molecule has 244 valence electrons. The lowest BCUT2D eigenvalue weighted by Gasteiger charge is -2.26. The highest BCUT2D eigenvalue weighted by atomic mass is 32.1. The molecule has 0 aliphatic carbocycles. The number of benzene rings is 8. The van der Waals surface area contributed by atoms with Gasteiger partial charge in [0.1, 0.15) is 5.58 Å². The van der Waals surface area contributed by atoms with Gasteiger partial charge in [-0.3, -0.25) is 0 Å². The number of hydrogen-bond acceptors (Lipinski definition) is 4. The maximum absolute atomic E-state index is 6.68. The SMILES string of the molecule is c1ccc(-c2cccc3c2sc2c(N(c4ccc(-c5ccc6sc7ccccc7c6c5)cc4)c4cccc5c4oc4ccccc45)cccc23)cc1. The number of anilines is 3. The fourth-order valence-corrected chi connectivity index (χ4v) is 10.3. The van der Waals surface area contributed by atoms with Crippen molar-refractivity contribution in [2.24, 2.45) is 0 Å². The highest BCUT2D eigenvalue weighted by Gasteiger charge is 2.23. The summed E-state index contributed by atoms with van der Waals surface area (Å²) in [6.07, 6.45) is 0. The minimum Gasteiger partial charge on any atom is -0.454 e. The predicted molar refractivity (Wildman–Crippen MR) is 225 cm³/mol. The van der Waals surface area contributed by atoms with Crippen LogP contribution >= 0.6 is 22.7 Å². The Kier molecular flexibility index (Phi) is 6.63. The van der Waals surface area contributed by atoms with Crippen LogP contribution < -0.4 is 4.90 Å². The van der Waals surface area contributed by atoms with E-state index in [1.165, 1.54) is 62.6 Å². The molecular weight excluding hydrogens is 671 g/mol. The Morgan fingerprint density at radius 1 is 0.385 bits per heavy atom. The van der Waals surface area contributed by atoms with Gasteiger partial charge in [0.25, 0.3) is 0 Å². The van der Waals surface area contributed by atoms with Gasteiger partial charge in [-0.25, -0.2) is 0 Å². The van der Waals surface area contributed by atoms with Crippen LogP contribution in [0.2, 0.25) is 0 Å². The second kappa shape index (κ2) is 11.7. The molecule has 0 bridgehead atoms. The topological polar surface area (TPSA) is 16.4 Å². The second-order valence-electron chi connectivity index (χ2n) is 13.2. The largest absolute Gasteiger partial charge is 0.454 e. The normalized spacial score (nSPS) is 11.8. The zero-order chi connectivity index (χ0) is 34.2. The minimum absolute atomic E-state index is 0.880. The summed E-state index contributed by atoms with van der Waals surface area (Å²) in [5.41, 5.74) is 9.89. The lowest BCUT2D eigenvalue weighted by atomic mass is 10.0. The molecule has 0 fully saturated rings. The molecule has 0 saturated heterocycles. The third-order valence-corrected chi connectivity index (χ3v) is 12.7. The molecular formula is C48H29NOS2. The van der Waals surface area contributed by atoms with Crippen molar-refractivity contribution in [3.8, 4) is 22.3 Å². The molecule has 0 spiro atoms. The lowest BCUT2D eigenvalue weighted by molar-refractivity contribution is 0.669. The Labute approximate surface area is 308 Å². The van der Waals surface area contributed by atoms with Gasteiger partial charge in [-0.15, -0.1) is 22.7 Å². The summed E-state index contributed by atoms with van der Waals surface area (Å²) in [5, 5.41) is 7.39. The summed E-state index contributed by atoms with van der Waals surface area (Å²) in [5.74, 6) is 0. The first kappa shape index (κ1) is 29.5. The van der Waals surface area contributed by atoms with Crippen molar-refractivity contribution in [1.29, 1.82) is 0 Å². The molecule has 0 aliphatic heterocycles. The van der Waals surface area contributed by atoms with E-state index >= 15 is 0 Å². The van der Waals surface area contributed by atoms with Gasteiger partial charge < -0.3 is 9.32 Å². The first-order chi connectivity index (χ1) is 25.8. The van der Waals surface area contributed by atoms with Crippen LogP contribution in [0, 0.1) is 0 Å². The predicted octanol–water partition coefficient (Wildman–Crippen LogP) is 15.1. The molecule has 52 heavy (non-hydrogen) atoms. The Morgan fingerprint density at radius 3 is 1.90 bits per heavy atom. The number of nitrogens with zero attached hydrogens (tertiary/aromatic N) is 1. The van der Waals surface area contributed by atoms with Crippen LogP contribution in [0.15, 0.2) is 180 Å². The van der Waals surface area contributed by atoms with E-state index in [2.05, 4.69) is 175 Å². The quantitative estimate of drug-likeness (QED) is 0.178. The smallest absolute Gasteiger partial charge is 0.159 e. The van der Waals surface area contributed by atoms with E-state index in [0.29, 0.717) is 0 Å². The van der Waals surface area contributed by atoms with E-state index in [-0.39, 0.29) is 0 Å². The zero-order valence-corrected chi connectivity index (χ0v) is 29.5. The molecule has 0 unspecified atom stereocenters. The first-order valence-corrected chi connectivity index (χ1v) is 19.1. The molecule has 2 nitrogen and oxygen atoms in total. The Hall–Kier alpha value is -6.20. The van der Waals surface area contributed by atoms with Gasteiger partial charge in [0.05, 0.1) is 16.1 Å². The van der Waals surface area contributed by atoms with Crippen molar-refractivity contribution in [1.82, 2.24) is 0 Å². The highest BCUT2D eigenvalue weighted by molar-refractivity contribution is 7.27. The molecule has 4 heteroatoms. The van der Waals surface area contributed by atoms with Crippen LogP contribution in [0.5, 0.6) is 0 Å². The fourth-order valence-electron chi connectivity index (χ4n) is 7.85. The van der Waals surface area contributed by atoms with Crippen molar-refractivity contribution in [2.45, 2.75) is 0 Å². The van der Waals surface area contributed by atoms with E-state index in [0.717, 1.165) is 39.0 Å². The highest BCUT2D eigenvalue weighted by Crippen LogP contribution is 2.49. The van der Waals surface area contributed by atoms with Gasteiger partial charge in [0.2, 0.25) is 0 Å². The number of rotatable bonds is 5. The van der Waals surface area contributed by atoms with Crippen molar-refractivity contribution in [2.75, 3.05) is 4.90 Å². The second-order valence-corrected chi connectivity index (χ2v) is 15.4. The number of fused-ring (bicyclic) bond motifs is 9.